The summed E-state index contributed by atoms with van der Waals surface area (Å²) in [6, 6.07) is 17.1. The van der Waals surface area contributed by atoms with E-state index in [0.717, 1.165) is 27.2 Å². The number of amides is 1. The summed E-state index contributed by atoms with van der Waals surface area (Å²) in [5, 5.41) is 9.58. The molecule has 7 heteroatoms. The number of hydrogen-bond donors (Lipinski definition) is 2. The van der Waals surface area contributed by atoms with Gasteiger partial charge in [-0.3, -0.25) is 4.79 Å². The Balaban J connectivity index is 1.74. The summed E-state index contributed by atoms with van der Waals surface area (Å²) < 4.78 is 0. The lowest BCUT2D eigenvalue weighted by molar-refractivity contribution is -0.114. The summed E-state index contributed by atoms with van der Waals surface area (Å²) in [6.07, 6.45) is 0. The largest absolute Gasteiger partial charge is 0.340 e. The van der Waals surface area contributed by atoms with Crippen LogP contribution in [-0.4, -0.2) is 15.9 Å². The van der Waals surface area contributed by atoms with E-state index in [0.29, 0.717) is 16.7 Å². The fourth-order valence-electron chi connectivity index (χ4n) is 2.70. The van der Waals surface area contributed by atoms with Crippen molar-refractivity contribution < 1.29 is 4.79 Å². The minimum absolute atomic E-state index is 0.102. The molecule has 27 heavy (non-hydrogen) atoms. The molecule has 4 aromatic rings. The number of para-hydroxylation sites is 1. The molecule has 0 aliphatic rings. The van der Waals surface area contributed by atoms with Gasteiger partial charge in [0, 0.05) is 23.7 Å². The molecule has 0 unspecified atom stereocenters. The molecule has 4 rings (SSSR count). The highest BCUT2D eigenvalue weighted by atomic mass is 35.5. The van der Waals surface area contributed by atoms with Crippen molar-refractivity contribution in [3.8, 4) is 10.7 Å². The van der Waals surface area contributed by atoms with Gasteiger partial charge in [0.2, 0.25) is 5.91 Å². The molecule has 2 aromatic carbocycles. The maximum absolute atomic E-state index is 11.2. The van der Waals surface area contributed by atoms with Gasteiger partial charge in [0.25, 0.3) is 0 Å². The molecule has 0 saturated carbocycles. The monoisotopic (exact) mass is 394 g/mol. The smallest absolute Gasteiger partial charge is 0.221 e. The zero-order valence-electron chi connectivity index (χ0n) is 14.4. The number of aromatic nitrogens is 2. The number of carbonyl (C=O) groups is 1. The first kappa shape index (κ1) is 17.5. The zero-order chi connectivity index (χ0) is 18.8. The highest BCUT2D eigenvalue weighted by molar-refractivity contribution is 7.14. The van der Waals surface area contributed by atoms with Crippen molar-refractivity contribution in [1.82, 2.24) is 9.97 Å². The van der Waals surface area contributed by atoms with Gasteiger partial charge in [0.05, 0.1) is 15.4 Å². The number of thiophene rings is 1. The molecule has 2 N–H and O–H groups in total. The van der Waals surface area contributed by atoms with E-state index in [1.165, 1.54) is 18.3 Å². The molecule has 2 heterocycles. The van der Waals surface area contributed by atoms with Crippen LogP contribution in [0, 0.1) is 0 Å². The average Bonchev–Trinajstić information content (AvgIpc) is 3.09. The van der Waals surface area contributed by atoms with Gasteiger partial charge in [0.1, 0.15) is 5.82 Å². The molecule has 0 aliphatic carbocycles. The number of anilines is 3. The topological polar surface area (TPSA) is 66.9 Å². The molecule has 1 amide bonds. The summed E-state index contributed by atoms with van der Waals surface area (Å²) in [5.74, 6) is 1.19. The van der Waals surface area contributed by atoms with Gasteiger partial charge >= 0.3 is 0 Å². The molecular formula is C20H15ClN4OS. The second-order valence-corrected chi connectivity index (χ2v) is 7.22. The van der Waals surface area contributed by atoms with Crippen molar-refractivity contribution >= 4 is 56.9 Å². The van der Waals surface area contributed by atoms with Crippen LogP contribution in [0.15, 0.2) is 60.0 Å². The molecule has 0 atom stereocenters. The van der Waals surface area contributed by atoms with Crippen LogP contribution in [-0.2, 0) is 4.79 Å². The molecule has 134 valence electrons. The van der Waals surface area contributed by atoms with Gasteiger partial charge in [-0.25, -0.2) is 9.97 Å². The lowest BCUT2D eigenvalue weighted by atomic mass is 10.2. The second-order valence-electron chi connectivity index (χ2n) is 5.89. The number of hydrogen-bond acceptors (Lipinski definition) is 5. The molecule has 0 fully saturated rings. The summed E-state index contributed by atoms with van der Waals surface area (Å²) >= 11 is 7.78. The quantitative estimate of drug-likeness (QED) is 0.465. The Hall–Kier alpha value is -2.96. The highest BCUT2D eigenvalue weighted by Crippen LogP contribution is 2.34. The first-order valence-corrected chi connectivity index (χ1v) is 9.51. The number of nitrogens with zero attached hydrogens (tertiary/aromatic N) is 2. The van der Waals surface area contributed by atoms with Crippen LogP contribution in [0.1, 0.15) is 6.92 Å². The number of nitrogens with one attached hydrogen (secondary N) is 2. The van der Waals surface area contributed by atoms with Crippen LogP contribution in [0.5, 0.6) is 0 Å². The van der Waals surface area contributed by atoms with Crippen molar-refractivity contribution in [2.45, 2.75) is 6.92 Å². The van der Waals surface area contributed by atoms with Crippen molar-refractivity contribution in [1.29, 1.82) is 0 Å². The Bertz CT molecular complexity index is 1120. The van der Waals surface area contributed by atoms with E-state index in [1.807, 2.05) is 60.0 Å². The van der Waals surface area contributed by atoms with Crippen molar-refractivity contribution in [2.75, 3.05) is 10.6 Å². The van der Waals surface area contributed by atoms with Crippen LogP contribution >= 0.6 is 22.9 Å². The Labute approximate surface area is 165 Å². The van der Waals surface area contributed by atoms with E-state index in [2.05, 4.69) is 15.6 Å². The summed E-state index contributed by atoms with van der Waals surface area (Å²) in [4.78, 5) is 21.4. The van der Waals surface area contributed by atoms with E-state index in [-0.39, 0.29) is 5.91 Å². The number of halogens is 1. The van der Waals surface area contributed by atoms with Crippen LogP contribution in [0.2, 0.25) is 5.02 Å². The number of rotatable bonds is 4. The van der Waals surface area contributed by atoms with Gasteiger partial charge in [0.15, 0.2) is 5.82 Å². The molecule has 0 saturated heterocycles. The normalized spacial score (nSPS) is 10.7. The van der Waals surface area contributed by atoms with E-state index < -0.39 is 0 Å². The highest BCUT2D eigenvalue weighted by Gasteiger charge is 2.13. The molecule has 2 aromatic heterocycles. The first-order chi connectivity index (χ1) is 13.1. The van der Waals surface area contributed by atoms with Crippen LogP contribution in [0.25, 0.3) is 21.6 Å². The summed E-state index contributed by atoms with van der Waals surface area (Å²) in [5.41, 5.74) is 2.44. The first-order valence-electron chi connectivity index (χ1n) is 8.25. The molecule has 0 bridgehead atoms. The van der Waals surface area contributed by atoms with E-state index >= 15 is 0 Å². The van der Waals surface area contributed by atoms with Gasteiger partial charge in [-0.2, -0.15) is 0 Å². The second kappa shape index (κ2) is 7.34. The number of carbonyl (C=O) groups excluding carboxylic acids is 1. The fraction of sp³-hybridized carbons (Fsp3) is 0.0500. The average molecular weight is 395 g/mol. The molecule has 5 nitrogen and oxygen atoms in total. The minimum atomic E-state index is -0.102. The Morgan fingerprint density at radius 1 is 1.00 bits per heavy atom. The lowest BCUT2D eigenvalue weighted by Gasteiger charge is -2.11. The lowest BCUT2D eigenvalue weighted by Crippen LogP contribution is -2.05. The standard InChI is InChI=1S/C20H15ClN4OS/c1-12(26)22-13-6-8-14(9-7-13)23-19-15-4-2-3-5-17(15)24-20(25-19)18-16(21)10-11-27-18/h2-11H,1H3,(H,22,26)(H,23,24,25). The molecule has 0 radical (unpaired) electrons. The predicted octanol–water partition coefficient (Wildman–Crippen LogP) is 5.71. The van der Waals surface area contributed by atoms with E-state index in [1.54, 1.807) is 0 Å². The van der Waals surface area contributed by atoms with Crippen LogP contribution in [0.3, 0.4) is 0 Å². The summed E-state index contributed by atoms with van der Waals surface area (Å²) in [7, 11) is 0. The molecule has 0 aliphatic heterocycles. The van der Waals surface area contributed by atoms with E-state index in [9.17, 15) is 4.79 Å². The number of benzene rings is 2. The minimum Gasteiger partial charge on any atom is -0.340 e. The van der Waals surface area contributed by atoms with Crippen LogP contribution in [0.4, 0.5) is 17.2 Å². The predicted molar refractivity (Wildman–Crippen MR) is 112 cm³/mol. The Morgan fingerprint density at radius 2 is 1.74 bits per heavy atom. The van der Waals surface area contributed by atoms with Crippen molar-refractivity contribution in [3.05, 3.63) is 65.0 Å². The van der Waals surface area contributed by atoms with E-state index in [4.69, 9.17) is 16.6 Å². The maximum Gasteiger partial charge on any atom is 0.221 e. The Morgan fingerprint density at radius 3 is 2.44 bits per heavy atom. The van der Waals surface area contributed by atoms with Gasteiger partial charge in [-0.1, -0.05) is 23.7 Å². The summed E-state index contributed by atoms with van der Waals surface area (Å²) in [6.45, 7) is 1.48. The fourth-order valence-corrected chi connectivity index (χ4v) is 3.78. The van der Waals surface area contributed by atoms with Gasteiger partial charge in [-0.05, 0) is 47.8 Å². The SMILES string of the molecule is CC(=O)Nc1ccc(Nc2nc(-c3sccc3Cl)nc3ccccc23)cc1. The van der Waals surface area contributed by atoms with Gasteiger partial charge < -0.3 is 10.6 Å². The van der Waals surface area contributed by atoms with Crippen molar-refractivity contribution in [3.63, 3.8) is 0 Å². The zero-order valence-corrected chi connectivity index (χ0v) is 15.9. The maximum atomic E-state index is 11.2. The third-order valence-electron chi connectivity index (χ3n) is 3.89. The van der Waals surface area contributed by atoms with Crippen LogP contribution < -0.4 is 10.6 Å². The van der Waals surface area contributed by atoms with Crippen molar-refractivity contribution in [2.24, 2.45) is 0 Å². The molecular weight excluding hydrogens is 380 g/mol. The van der Waals surface area contributed by atoms with Gasteiger partial charge in [-0.15, -0.1) is 11.3 Å². The number of fused-ring (bicyclic) bond motifs is 1. The third kappa shape index (κ3) is 3.77. The Kier molecular flexibility index (Phi) is 4.75. The molecule has 0 spiro atoms. The third-order valence-corrected chi connectivity index (χ3v) is 5.23.